The van der Waals surface area contributed by atoms with Crippen molar-refractivity contribution < 1.29 is 13.9 Å². The minimum Gasteiger partial charge on any atom is -0.497 e. The van der Waals surface area contributed by atoms with Crippen LogP contribution in [0.15, 0.2) is 42.3 Å². The van der Waals surface area contributed by atoms with E-state index < -0.39 is 11.2 Å². The van der Waals surface area contributed by atoms with Crippen molar-refractivity contribution in [2.45, 2.75) is 64.5 Å². The van der Waals surface area contributed by atoms with Gasteiger partial charge in [0.25, 0.3) is 0 Å². The van der Waals surface area contributed by atoms with Crippen LogP contribution in [0.25, 0.3) is 11.3 Å². The third-order valence-corrected chi connectivity index (χ3v) is 7.53. The minimum atomic E-state index is -0.470. The Bertz CT molecular complexity index is 1120. The molecule has 0 spiro atoms. The van der Waals surface area contributed by atoms with Crippen molar-refractivity contribution in [3.05, 3.63) is 48.1 Å². The average Bonchev–Trinajstić information content (AvgIpc) is 2.96. The van der Waals surface area contributed by atoms with Gasteiger partial charge in [-0.05, 0) is 70.6 Å². The Balaban J connectivity index is 1.31. The summed E-state index contributed by atoms with van der Waals surface area (Å²) in [5.41, 5.74) is 0.459. The number of allylic oxidation sites excluding steroid dienone is 2. The van der Waals surface area contributed by atoms with Crippen molar-refractivity contribution in [2.24, 2.45) is 5.41 Å². The molecular formula is C29H39FN6O2. The maximum absolute atomic E-state index is 14.8. The summed E-state index contributed by atoms with van der Waals surface area (Å²) < 4.78 is 25.8. The number of nitriles is 1. The van der Waals surface area contributed by atoms with Crippen LogP contribution in [0.1, 0.15) is 52.4 Å². The number of anilines is 2. The lowest BCUT2D eigenvalue weighted by molar-refractivity contribution is 0.0455. The van der Waals surface area contributed by atoms with Crippen LogP contribution in [0.3, 0.4) is 0 Å². The number of aromatic nitrogens is 2. The SMILES string of the molecule is C/C=C(/C)OCCNC1CCC(Nc2cc(-c3cccc(NCC4(C#N)CCOCC4)n3)c(F)cn2)CC1. The van der Waals surface area contributed by atoms with E-state index in [1.807, 2.05) is 32.1 Å². The quantitative estimate of drug-likeness (QED) is 0.271. The van der Waals surface area contributed by atoms with E-state index in [2.05, 4.69) is 32.0 Å². The summed E-state index contributed by atoms with van der Waals surface area (Å²) in [5.74, 6) is 1.80. The van der Waals surface area contributed by atoms with Crippen LogP contribution in [0.5, 0.6) is 0 Å². The summed E-state index contributed by atoms with van der Waals surface area (Å²) >= 11 is 0. The average molecular weight is 523 g/mol. The molecule has 3 N–H and O–H groups in total. The summed E-state index contributed by atoms with van der Waals surface area (Å²) in [6.45, 7) is 7.11. The van der Waals surface area contributed by atoms with Crippen LogP contribution < -0.4 is 16.0 Å². The Morgan fingerprint density at radius 2 is 1.97 bits per heavy atom. The van der Waals surface area contributed by atoms with E-state index in [1.54, 1.807) is 12.1 Å². The largest absolute Gasteiger partial charge is 0.497 e. The van der Waals surface area contributed by atoms with Gasteiger partial charge >= 0.3 is 0 Å². The zero-order valence-electron chi connectivity index (χ0n) is 22.4. The second-order valence-electron chi connectivity index (χ2n) is 10.2. The van der Waals surface area contributed by atoms with Gasteiger partial charge in [0.1, 0.15) is 18.2 Å². The molecule has 1 aliphatic heterocycles. The molecule has 8 nitrogen and oxygen atoms in total. The number of hydrogen-bond acceptors (Lipinski definition) is 8. The molecule has 38 heavy (non-hydrogen) atoms. The standard InChI is InChI=1S/C29H39FN6O2/c1-3-21(2)38-16-13-32-22-7-9-23(10-8-22)35-28-17-24(25(30)18-33-28)26-5-4-6-27(36-26)34-20-29(19-31)11-14-37-15-12-29/h3-6,17-18,22-23,32H,7-16,20H2,1-2H3,(H,33,35)(H,34,36)/b21-3-. The van der Waals surface area contributed by atoms with Gasteiger partial charge in [-0.25, -0.2) is 14.4 Å². The van der Waals surface area contributed by atoms with Gasteiger partial charge < -0.3 is 25.4 Å². The summed E-state index contributed by atoms with van der Waals surface area (Å²) in [6, 6.07) is 10.4. The van der Waals surface area contributed by atoms with E-state index in [-0.39, 0.29) is 0 Å². The first-order valence-corrected chi connectivity index (χ1v) is 13.6. The van der Waals surface area contributed by atoms with Crippen molar-refractivity contribution in [3.63, 3.8) is 0 Å². The van der Waals surface area contributed by atoms with Gasteiger partial charge in [0, 0.05) is 44.0 Å². The third-order valence-electron chi connectivity index (χ3n) is 7.53. The van der Waals surface area contributed by atoms with Gasteiger partial charge in [0.05, 0.1) is 29.1 Å². The normalized spacial score (nSPS) is 21.4. The van der Waals surface area contributed by atoms with Crippen molar-refractivity contribution in [3.8, 4) is 17.3 Å². The van der Waals surface area contributed by atoms with E-state index in [0.717, 1.165) is 38.0 Å². The van der Waals surface area contributed by atoms with Gasteiger partial charge in [0.15, 0.2) is 5.82 Å². The van der Waals surface area contributed by atoms with Gasteiger partial charge in [-0.15, -0.1) is 0 Å². The fourth-order valence-electron chi connectivity index (χ4n) is 4.96. The van der Waals surface area contributed by atoms with Crippen LogP contribution in [-0.2, 0) is 9.47 Å². The lowest BCUT2D eigenvalue weighted by Crippen LogP contribution is -2.38. The molecule has 2 aromatic heterocycles. The van der Waals surface area contributed by atoms with Crippen molar-refractivity contribution in [2.75, 3.05) is 43.5 Å². The number of pyridine rings is 2. The highest BCUT2D eigenvalue weighted by molar-refractivity contribution is 5.65. The van der Waals surface area contributed by atoms with Crippen molar-refractivity contribution >= 4 is 11.6 Å². The summed E-state index contributed by atoms with van der Waals surface area (Å²) in [7, 11) is 0. The van der Waals surface area contributed by atoms with E-state index in [9.17, 15) is 9.65 Å². The number of halogens is 1. The van der Waals surface area contributed by atoms with Crippen LogP contribution in [-0.4, -0.2) is 55.0 Å². The highest BCUT2D eigenvalue weighted by Crippen LogP contribution is 2.31. The van der Waals surface area contributed by atoms with Crippen molar-refractivity contribution in [1.82, 2.24) is 15.3 Å². The lowest BCUT2D eigenvalue weighted by atomic mass is 9.82. The molecule has 2 aliphatic rings. The summed E-state index contributed by atoms with van der Waals surface area (Å²) in [5, 5.41) is 20.1. The Morgan fingerprint density at radius 3 is 2.71 bits per heavy atom. The van der Waals surface area contributed by atoms with Crippen molar-refractivity contribution in [1.29, 1.82) is 5.26 Å². The van der Waals surface area contributed by atoms with Crippen LogP contribution in [0, 0.1) is 22.6 Å². The molecule has 0 atom stereocenters. The van der Waals surface area contributed by atoms with E-state index >= 15 is 0 Å². The molecule has 0 amide bonds. The molecule has 9 heteroatoms. The molecule has 0 radical (unpaired) electrons. The lowest BCUT2D eigenvalue weighted by Gasteiger charge is -2.30. The topological polar surface area (TPSA) is 104 Å². The summed E-state index contributed by atoms with van der Waals surface area (Å²) in [4.78, 5) is 8.92. The number of ether oxygens (including phenoxy) is 2. The summed E-state index contributed by atoms with van der Waals surface area (Å²) in [6.07, 6.45) is 8.77. The zero-order chi connectivity index (χ0) is 26.8. The molecule has 2 aromatic rings. The van der Waals surface area contributed by atoms with Gasteiger partial charge in [-0.3, -0.25) is 0 Å². The second kappa shape index (κ2) is 13.5. The zero-order valence-corrected chi connectivity index (χ0v) is 22.4. The van der Waals surface area contributed by atoms with Crippen LogP contribution in [0.4, 0.5) is 16.0 Å². The molecule has 1 saturated carbocycles. The van der Waals surface area contributed by atoms with E-state index in [0.29, 0.717) is 74.2 Å². The molecule has 1 aliphatic carbocycles. The molecule has 1 saturated heterocycles. The van der Waals surface area contributed by atoms with Gasteiger partial charge in [0.2, 0.25) is 0 Å². The molecule has 4 rings (SSSR count). The fraction of sp³-hybridized carbons (Fsp3) is 0.552. The van der Waals surface area contributed by atoms with Gasteiger partial charge in [-0.1, -0.05) is 12.1 Å². The van der Waals surface area contributed by atoms with Gasteiger partial charge in [-0.2, -0.15) is 5.26 Å². The Labute approximate surface area is 225 Å². The number of rotatable bonds is 11. The molecule has 0 aromatic carbocycles. The monoisotopic (exact) mass is 522 g/mol. The predicted octanol–water partition coefficient (Wildman–Crippen LogP) is 5.27. The molecule has 204 valence electrons. The smallest absolute Gasteiger partial charge is 0.151 e. The first-order valence-electron chi connectivity index (χ1n) is 13.6. The fourth-order valence-corrected chi connectivity index (χ4v) is 4.96. The molecular weight excluding hydrogens is 483 g/mol. The Kier molecular flexibility index (Phi) is 9.91. The first kappa shape index (κ1) is 27.8. The predicted molar refractivity (Wildman–Crippen MR) is 147 cm³/mol. The van der Waals surface area contributed by atoms with E-state index in [4.69, 9.17) is 9.47 Å². The van der Waals surface area contributed by atoms with E-state index in [1.165, 1.54) is 6.20 Å². The minimum absolute atomic E-state index is 0.294. The number of nitrogens with zero attached hydrogens (tertiary/aromatic N) is 3. The first-order chi connectivity index (χ1) is 18.5. The third kappa shape index (κ3) is 7.65. The Hall–Kier alpha value is -3.22. The molecule has 2 fully saturated rings. The highest BCUT2D eigenvalue weighted by atomic mass is 19.1. The highest BCUT2D eigenvalue weighted by Gasteiger charge is 2.32. The number of hydrogen-bond donors (Lipinski definition) is 3. The maximum atomic E-state index is 14.8. The maximum Gasteiger partial charge on any atom is 0.151 e. The Morgan fingerprint density at radius 1 is 1.21 bits per heavy atom. The molecule has 0 bridgehead atoms. The second-order valence-corrected chi connectivity index (χ2v) is 10.2. The molecule has 3 heterocycles. The van der Waals surface area contributed by atoms with Crippen LogP contribution >= 0.6 is 0 Å². The van der Waals surface area contributed by atoms with Crippen LogP contribution in [0.2, 0.25) is 0 Å². The molecule has 0 unspecified atom stereocenters. The number of nitrogens with one attached hydrogen (secondary N) is 3.